The molecule has 7 heteroatoms. The van der Waals surface area contributed by atoms with Crippen molar-refractivity contribution in [3.05, 3.63) is 70.7 Å². The van der Waals surface area contributed by atoms with Crippen LogP contribution in [0.25, 0.3) is 0 Å². The first-order valence-electron chi connectivity index (χ1n) is 8.77. The van der Waals surface area contributed by atoms with Crippen LogP contribution in [0.5, 0.6) is 11.5 Å². The van der Waals surface area contributed by atoms with Crippen molar-refractivity contribution < 1.29 is 14.3 Å². The SMILES string of the molecule is C=CCOc1ccc(/C=N\NC(=O)CSCc2cccc(Br)c2)cc1OCC. The number of halogens is 1. The average Bonchev–Trinajstić information content (AvgIpc) is 2.68. The average molecular weight is 463 g/mol. The number of hydrogen-bond acceptors (Lipinski definition) is 5. The van der Waals surface area contributed by atoms with Crippen LogP contribution in [-0.2, 0) is 10.5 Å². The summed E-state index contributed by atoms with van der Waals surface area (Å²) in [7, 11) is 0. The van der Waals surface area contributed by atoms with Gasteiger partial charge in [-0.05, 0) is 48.4 Å². The molecule has 1 N–H and O–H groups in total. The minimum atomic E-state index is -0.146. The highest BCUT2D eigenvalue weighted by molar-refractivity contribution is 9.10. The molecule has 0 unspecified atom stereocenters. The van der Waals surface area contributed by atoms with Crippen molar-refractivity contribution in [3.8, 4) is 11.5 Å². The van der Waals surface area contributed by atoms with Crippen molar-refractivity contribution in [2.75, 3.05) is 19.0 Å². The lowest BCUT2D eigenvalue weighted by molar-refractivity contribution is -0.118. The molecule has 2 aromatic rings. The molecule has 2 rings (SSSR count). The van der Waals surface area contributed by atoms with Gasteiger partial charge in [-0.25, -0.2) is 5.43 Å². The van der Waals surface area contributed by atoms with E-state index in [1.807, 2.05) is 49.4 Å². The van der Waals surface area contributed by atoms with E-state index < -0.39 is 0 Å². The summed E-state index contributed by atoms with van der Waals surface area (Å²) < 4.78 is 12.2. The van der Waals surface area contributed by atoms with Crippen molar-refractivity contribution in [2.45, 2.75) is 12.7 Å². The number of nitrogens with one attached hydrogen (secondary N) is 1. The van der Waals surface area contributed by atoms with E-state index >= 15 is 0 Å². The van der Waals surface area contributed by atoms with Gasteiger partial charge in [0.1, 0.15) is 6.61 Å². The summed E-state index contributed by atoms with van der Waals surface area (Å²) in [6, 6.07) is 13.5. The summed E-state index contributed by atoms with van der Waals surface area (Å²) in [5.74, 6) is 2.23. The van der Waals surface area contributed by atoms with E-state index in [1.54, 1.807) is 12.3 Å². The van der Waals surface area contributed by atoms with E-state index in [-0.39, 0.29) is 5.91 Å². The highest BCUT2D eigenvalue weighted by atomic mass is 79.9. The molecular formula is C21H23BrN2O3S. The first-order chi connectivity index (χ1) is 13.6. The predicted molar refractivity (Wildman–Crippen MR) is 119 cm³/mol. The zero-order valence-electron chi connectivity index (χ0n) is 15.7. The highest BCUT2D eigenvalue weighted by Gasteiger charge is 2.06. The van der Waals surface area contributed by atoms with Crippen molar-refractivity contribution >= 4 is 39.8 Å². The van der Waals surface area contributed by atoms with Gasteiger partial charge in [0, 0.05) is 10.2 Å². The van der Waals surface area contributed by atoms with Crippen molar-refractivity contribution in [1.82, 2.24) is 5.43 Å². The van der Waals surface area contributed by atoms with Crippen LogP contribution >= 0.6 is 27.7 Å². The summed E-state index contributed by atoms with van der Waals surface area (Å²) >= 11 is 4.98. The Morgan fingerprint density at radius 2 is 2.11 bits per heavy atom. The number of thioether (sulfide) groups is 1. The normalized spacial score (nSPS) is 10.6. The van der Waals surface area contributed by atoms with E-state index in [0.29, 0.717) is 30.5 Å². The molecule has 0 saturated heterocycles. The second-order valence-electron chi connectivity index (χ2n) is 5.65. The second-order valence-corrected chi connectivity index (χ2v) is 7.56. The number of carbonyl (C=O) groups is 1. The predicted octanol–water partition coefficient (Wildman–Crippen LogP) is 4.80. The fourth-order valence-electron chi connectivity index (χ4n) is 2.24. The minimum Gasteiger partial charge on any atom is -0.490 e. The summed E-state index contributed by atoms with van der Waals surface area (Å²) in [6.07, 6.45) is 3.26. The van der Waals surface area contributed by atoms with Crippen LogP contribution in [0.4, 0.5) is 0 Å². The van der Waals surface area contributed by atoms with Crippen LogP contribution in [0.2, 0.25) is 0 Å². The molecule has 5 nitrogen and oxygen atoms in total. The van der Waals surface area contributed by atoms with Crippen LogP contribution in [0, 0.1) is 0 Å². The van der Waals surface area contributed by atoms with Crippen LogP contribution in [0.1, 0.15) is 18.1 Å². The van der Waals surface area contributed by atoms with Gasteiger partial charge >= 0.3 is 0 Å². The second kappa shape index (κ2) is 12.3. The fourth-order valence-corrected chi connectivity index (χ4v) is 3.45. The molecule has 2 aromatic carbocycles. The number of hydrazone groups is 1. The Morgan fingerprint density at radius 1 is 1.25 bits per heavy atom. The number of rotatable bonds is 11. The summed E-state index contributed by atoms with van der Waals surface area (Å²) in [5, 5.41) is 4.02. The van der Waals surface area contributed by atoms with Gasteiger partial charge in [-0.2, -0.15) is 5.10 Å². The molecule has 0 aliphatic heterocycles. The summed E-state index contributed by atoms with van der Waals surface area (Å²) in [4.78, 5) is 11.9. The van der Waals surface area contributed by atoms with Crippen LogP contribution in [-0.4, -0.2) is 31.1 Å². The van der Waals surface area contributed by atoms with Gasteiger partial charge in [0.05, 0.1) is 18.6 Å². The Hall–Kier alpha value is -2.25. The molecule has 0 aliphatic carbocycles. The largest absolute Gasteiger partial charge is 0.490 e. The van der Waals surface area contributed by atoms with E-state index in [2.05, 4.69) is 33.0 Å². The smallest absolute Gasteiger partial charge is 0.250 e. The third kappa shape index (κ3) is 7.78. The van der Waals surface area contributed by atoms with E-state index in [0.717, 1.165) is 21.4 Å². The maximum atomic E-state index is 11.9. The first-order valence-corrected chi connectivity index (χ1v) is 10.7. The van der Waals surface area contributed by atoms with Gasteiger partial charge in [0.25, 0.3) is 0 Å². The molecule has 0 heterocycles. The molecule has 28 heavy (non-hydrogen) atoms. The molecule has 0 atom stereocenters. The number of nitrogens with zero attached hydrogens (tertiary/aromatic N) is 1. The number of carbonyl (C=O) groups excluding carboxylic acids is 1. The zero-order chi connectivity index (χ0) is 20.2. The lowest BCUT2D eigenvalue weighted by Crippen LogP contribution is -2.19. The summed E-state index contributed by atoms with van der Waals surface area (Å²) in [5.41, 5.74) is 4.51. The Bertz CT molecular complexity index is 827. The maximum Gasteiger partial charge on any atom is 0.250 e. The Labute approximate surface area is 178 Å². The number of ether oxygens (including phenoxy) is 2. The molecule has 0 fully saturated rings. The van der Waals surface area contributed by atoms with Crippen molar-refractivity contribution in [2.24, 2.45) is 5.10 Å². The van der Waals surface area contributed by atoms with Crippen LogP contribution in [0.15, 0.2) is 64.7 Å². The topological polar surface area (TPSA) is 59.9 Å². The van der Waals surface area contributed by atoms with Crippen LogP contribution < -0.4 is 14.9 Å². The third-order valence-corrected chi connectivity index (χ3v) is 4.92. The Kier molecular flexibility index (Phi) is 9.65. The van der Waals surface area contributed by atoms with Gasteiger partial charge in [-0.1, -0.05) is 40.7 Å². The van der Waals surface area contributed by atoms with Gasteiger partial charge < -0.3 is 9.47 Å². The Balaban J connectivity index is 1.82. The van der Waals surface area contributed by atoms with Gasteiger partial charge in [-0.3, -0.25) is 4.79 Å². The number of benzene rings is 2. The van der Waals surface area contributed by atoms with Gasteiger partial charge in [0.15, 0.2) is 11.5 Å². The van der Waals surface area contributed by atoms with Gasteiger partial charge in [-0.15, -0.1) is 11.8 Å². The maximum absolute atomic E-state index is 11.9. The Morgan fingerprint density at radius 3 is 2.86 bits per heavy atom. The molecule has 1 amide bonds. The number of hydrogen-bond donors (Lipinski definition) is 1. The number of amides is 1. The van der Waals surface area contributed by atoms with Crippen molar-refractivity contribution in [3.63, 3.8) is 0 Å². The monoisotopic (exact) mass is 462 g/mol. The molecule has 0 spiro atoms. The van der Waals surface area contributed by atoms with Crippen molar-refractivity contribution in [1.29, 1.82) is 0 Å². The van der Waals surface area contributed by atoms with Crippen LogP contribution in [0.3, 0.4) is 0 Å². The fraction of sp³-hybridized carbons (Fsp3) is 0.238. The quantitative estimate of drug-likeness (QED) is 0.296. The van der Waals surface area contributed by atoms with E-state index in [4.69, 9.17) is 9.47 Å². The lowest BCUT2D eigenvalue weighted by Gasteiger charge is -2.11. The molecule has 0 aliphatic rings. The third-order valence-electron chi connectivity index (χ3n) is 3.42. The molecule has 0 aromatic heterocycles. The molecule has 0 radical (unpaired) electrons. The molecule has 0 saturated carbocycles. The lowest BCUT2D eigenvalue weighted by atomic mass is 10.2. The summed E-state index contributed by atoms with van der Waals surface area (Å²) in [6.45, 7) is 6.47. The van der Waals surface area contributed by atoms with E-state index in [9.17, 15) is 4.79 Å². The van der Waals surface area contributed by atoms with Gasteiger partial charge in [0.2, 0.25) is 5.91 Å². The standard InChI is InChI=1S/C21H23BrN2O3S/c1-3-10-27-19-9-8-16(12-20(19)26-4-2)13-23-24-21(25)15-28-14-17-6-5-7-18(22)11-17/h3,5-9,11-13H,1,4,10,14-15H2,2H3,(H,24,25)/b23-13-. The molecular weight excluding hydrogens is 440 g/mol. The first kappa shape index (κ1) is 22.0. The molecule has 0 bridgehead atoms. The minimum absolute atomic E-state index is 0.146. The zero-order valence-corrected chi connectivity index (χ0v) is 18.1. The molecule has 148 valence electrons. The highest BCUT2D eigenvalue weighted by Crippen LogP contribution is 2.28. The van der Waals surface area contributed by atoms with E-state index in [1.165, 1.54) is 11.8 Å².